The first kappa shape index (κ1) is 16.1. The summed E-state index contributed by atoms with van der Waals surface area (Å²) in [4.78, 5) is 16.4. The van der Waals surface area contributed by atoms with Crippen LogP contribution in [0, 0.1) is 0 Å². The summed E-state index contributed by atoms with van der Waals surface area (Å²) in [6, 6.07) is 1.26. The SMILES string of the molecule is CC(C)(C)c1csc(NC(=O)c2csc(S(N)(=O)=O)c2)n1. The molecule has 2 aromatic rings. The molecule has 0 radical (unpaired) electrons. The van der Waals surface area contributed by atoms with Crippen molar-refractivity contribution in [3.63, 3.8) is 0 Å². The second-order valence-corrected chi connectivity index (χ2v) is 9.00. The molecule has 0 saturated carbocycles. The maximum Gasteiger partial charge on any atom is 0.258 e. The van der Waals surface area contributed by atoms with E-state index in [-0.39, 0.29) is 15.2 Å². The minimum atomic E-state index is -3.78. The highest BCUT2D eigenvalue weighted by Crippen LogP contribution is 2.27. The Morgan fingerprint density at radius 2 is 1.95 bits per heavy atom. The lowest BCUT2D eigenvalue weighted by atomic mass is 9.93. The number of aromatic nitrogens is 1. The van der Waals surface area contributed by atoms with E-state index in [4.69, 9.17) is 5.14 Å². The molecule has 0 unspecified atom stereocenters. The highest BCUT2D eigenvalue weighted by molar-refractivity contribution is 7.91. The third-order valence-corrected chi connectivity index (χ3v) is 5.76. The van der Waals surface area contributed by atoms with Crippen molar-refractivity contribution in [1.82, 2.24) is 4.98 Å². The van der Waals surface area contributed by atoms with Crippen LogP contribution in [0.4, 0.5) is 5.13 Å². The van der Waals surface area contributed by atoms with Crippen molar-refractivity contribution in [1.29, 1.82) is 0 Å². The molecule has 0 aliphatic heterocycles. The first-order valence-corrected chi connectivity index (χ1v) is 9.26. The average Bonchev–Trinajstić information content (AvgIpc) is 2.94. The van der Waals surface area contributed by atoms with E-state index in [1.165, 1.54) is 22.8 Å². The van der Waals surface area contributed by atoms with Gasteiger partial charge in [-0.2, -0.15) is 0 Å². The van der Waals surface area contributed by atoms with Gasteiger partial charge < -0.3 is 0 Å². The molecule has 6 nitrogen and oxygen atoms in total. The summed E-state index contributed by atoms with van der Waals surface area (Å²) in [5.74, 6) is -0.407. The molecule has 0 saturated heterocycles. The fourth-order valence-electron chi connectivity index (χ4n) is 1.43. The second-order valence-electron chi connectivity index (χ2n) is 5.44. The summed E-state index contributed by atoms with van der Waals surface area (Å²) in [5, 5.41) is 11.5. The Kier molecular flexibility index (Phi) is 4.20. The molecular formula is C12H15N3O3S3. The molecule has 0 bridgehead atoms. The van der Waals surface area contributed by atoms with Gasteiger partial charge in [-0.05, 0) is 6.07 Å². The molecule has 0 atom stereocenters. The molecule has 0 aliphatic carbocycles. The van der Waals surface area contributed by atoms with Crippen molar-refractivity contribution in [2.45, 2.75) is 30.4 Å². The fraction of sp³-hybridized carbons (Fsp3) is 0.333. The van der Waals surface area contributed by atoms with Crippen molar-refractivity contribution in [3.8, 4) is 0 Å². The molecule has 21 heavy (non-hydrogen) atoms. The molecule has 0 spiro atoms. The first-order valence-electron chi connectivity index (χ1n) is 5.96. The minimum absolute atomic E-state index is 0.0397. The lowest BCUT2D eigenvalue weighted by molar-refractivity contribution is 0.102. The highest BCUT2D eigenvalue weighted by atomic mass is 32.2. The van der Waals surface area contributed by atoms with Gasteiger partial charge in [0.15, 0.2) is 5.13 Å². The van der Waals surface area contributed by atoms with Gasteiger partial charge in [0.1, 0.15) is 4.21 Å². The summed E-state index contributed by atoms with van der Waals surface area (Å²) in [6.45, 7) is 6.10. The number of primary sulfonamides is 1. The number of thiophene rings is 1. The van der Waals surface area contributed by atoms with E-state index in [2.05, 4.69) is 10.3 Å². The molecule has 0 fully saturated rings. The van der Waals surface area contributed by atoms with Crippen LogP contribution in [0.5, 0.6) is 0 Å². The molecule has 2 heterocycles. The number of sulfonamides is 1. The quantitative estimate of drug-likeness (QED) is 0.891. The zero-order valence-corrected chi connectivity index (χ0v) is 14.2. The van der Waals surface area contributed by atoms with Gasteiger partial charge in [-0.3, -0.25) is 10.1 Å². The summed E-state index contributed by atoms with van der Waals surface area (Å²) in [5.41, 5.74) is 1.04. The normalized spacial score (nSPS) is 12.4. The van der Waals surface area contributed by atoms with E-state index < -0.39 is 15.9 Å². The molecule has 9 heteroatoms. The smallest absolute Gasteiger partial charge is 0.258 e. The second kappa shape index (κ2) is 5.48. The molecule has 0 aromatic carbocycles. The number of hydrogen-bond acceptors (Lipinski definition) is 6. The van der Waals surface area contributed by atoms with Crippen LogP contribution in [0.1, 0.15) is 36.8 Å². The summed E-state index contributed by atoms with van der Waals surface area (Å²) in [6.07, 6.45) is 0. The van der Waals surface area contributed by atoms with Gasteiger partial charge in [-0.25, -0.2) is 18.5 Å². The molecule has 0 aliphatic rings. The van der Waals surface area contributed by atoms with Gasteiger partial charge in [0.05, 0.1) is 11.3 Å². The Labute approximate surface area is 131 Å². The lowest BCUT2D eigenvalue weighted by Crippen LogP contribution is -2.14. The van der Waals surface area contributed by atoms with Gasteiger partial charge in [-0.15, -0.1) is 22.7 Å². The maximum atomic E-state index is 12.0. The molecule has 2 aromatic heterocycles. The van der Waals surface area contributed by atoms with Crippen LogP contribution in [-0.4, -0.2) is 19.3 Å². The summed E-state index contributed by atoms with van der Waals surface area (Å²) < 4.78 is 22.3. The van der Waals surface area contributed by atoms with Gasteiger partial charge in [0, 0.05) is 16.2 Å². The van der Waals surface area contributed by atoms with Crippen molar-refractivity contribution in [3.05, 3.63) is 28.1 Å². The van der Waals surface area contributed by atoms with Crippen molar-refractivity contribution < 1.29 is 13.2 Å². The molecule has 114 valence electrons. The Hall–Kier alpha value is -1.29. The van der Waals surface area contributed by atoms with Gasteiger partial charge in [0.25, 0.3) is 5.91 Å². The van der Waals surface area contributed by atoms with E-state index in [1.807, 2.05) is 26.2 Å². The highest BCUT2D eigenvalue weighted by Gasteiger charge is 2.19. The van der Waals surface area contributed by atoms with E-state index in [1.54, 1.807) is 0 Å². The topological polar surface area (TPSA) is 102 Å². The van der Waals surface area contributed by atoms with E-state index in [0.29, 0.717) is 5.13 Å². The third-order valence-electron chi connectivity index (χ3n) is 2.61. The molecule has 1 amide bonds. The fourth-order valence-corrected chi connectivity index (χ4v) is 3.95. The third kappa shape index (κ3) is 3.88. The minimum Gasteiger partial charge on any atom is -0.298 e. The van der Waals surface area contributed by atoms with E-state index >= 15 is 0 Å². The van der Waals surface area contributed by atoms with E-state index in [9.17, 15) is 13.2 Å². The number of carbonyl (C=O) groups is 1. The van der Waals surface area contributed by atoms with Crippen LogP contribution in [-0.2, 0) is 15.4 Å². The van der Waals surface area contributed by atoms with Crippen LogP contribution >= 0.6 is 22.7 Å². The van der Waals surface area contributed by atoms with Crippen LogP contribution in [0.15, 0.2) is 21.0 Å². The van der Waals surface area contributed by atoms with Crippen molar-refractivity contribution in [2.24, 2.45) is 5.14 Å². The van der Waals surface area contributed by atoms with Crippen molar-refractivity contribution >= 4 is 43.7 Å². The Morgan fingerprint density at radius 1 is 1.29 bits per heavy atom. The van der Waals surface area contributed by atoms with Crippen LogP contribution in [0.25, 0.3) is 0 Å². The first-order chi connectivity index (χ1) is 9.57. The zero-order valence-electron chi connectivity index (χ0n) is 11.7. The van der Waals surface area contributed by atoms with Gasteiger partial charge in [0.2, 0.25) is 10.0 Å². The number of thiazole rings is 1. The largest absolute Gasteiger partial charge is 0.298 e. The number of carbonyl (C=O) groups excluding carboxylic acids is 1. The van der Waals surface area contributed by atoms with Gasteiger partial charge >= 0.3 is 0 Å². The number of hydrogen-bond donors (Lipinski definition) is 2. The van der Waals surface area contributed by atoms with Crippen molar-refractivity contribution in [2.75, 3.05) is 5.32 Å². The summed E-state index contributed by atoms with van der Waals surface area (Å²) >= 11 is 2.24. The van der Waals surface area contributed by atoms with Crippen LogP contribution < -0.4 is 10.5 Å². The van der Waals surface area contributed by atoms with Crippen LogP contribution in [0.3, 0.4) is 0 Å². The number of nitrogens with two attached hydrogens (primary N) is 1. The Bertz CT molecular complexity index is 769. The maximum absolute atomic E-state index is 12.0. The molecule has 2 rings (SSSR count). The number of nitrogens with zero attached hydrogens (tertiary/aromatic N) is 1. The lowest BCUT2D eigenvalue weighted by Gasteiger charge is -2.14. The van der Waals surface area contributed by atoms with Gasteiger partial charge in [-0.1, -0.05) is 20.8 Å². The number of anilines is 1. The number of rotatable bonds is 3. The monoisotopic (exact) mass is 345 g/mol. The zero-order chi connectivity index (χ0) is 15.8. The Balaban J connectivity index is 2.15. The predicted octanol–water partition coefficient (Wildman–Crippen LogP) is 2.40. The number of amides is 1. The standard InChI is InChI=1S/C12H15N3O3S3/c1-12(2,3)8-6-20-11(14-8)15-10(16)7-4-9(19-5-7)21(13,17)18/h4-6H,1-3H3,(H2,13,17,18)(H,14,15,16). The summed E-state index contributed by atoms with van der Waals surface area (Å²) in [7, 11) is -3.78. The molecule has 3 N–H and O–H groups in total. The van der Waals surface area contributed by atoms with E-state index in [0.717, 1.165) is 17.0 Å². The Morgan fingerprint density at radius 3 is 2.43 bits per heavy atom. The number of nitrogens with one attached hydrogen (secondary N) is 1. The van der Waals surface area contributed by atoms with Crippen LogP contribution in [0.2, 0.25) is 0 Å². The average molecular weight is 345 g/mol. The predicted molar refractivity (Wildman–Crippen MR) is 84.5 cm³/mol. The molecular weight excluding hydrogens is 330 g/mol.